The molecule has 0 aliphatic heterocycles. The Morgan fingerprint density at radius 2 is 2.13 bits per heavy atom. The molecular formula is C16H12ClFN4O. The molecule has 23 heavy (non-hydrogen) atoms. The Kier molecular flexibility index (Phi) is 3.27. The zero-order valence-corrected chi connectivity index (χ0v) is 12.7. The first kappa shape index (κ1) is 14.1. The van der Waals surface area contributed by atoms with Gasteiger partial charge in [0.1, 0.15) is 11.5 Å². The van der Waals surface area contributed by atoms with E-state index in [2.05, 4.69) is 15.4 Å². The molecule has 4 rings (SSSR count). The molecule has 2 heterocycles. The predicted octanol–water partition coefficient (Wildman–Crippen LogP) is 3.65. The second kappa shape index (κ2) is 5.31. The highest BCUT2D eigenvalue weighted by Gasteiger charge is 2.28. The van der Waals surface area contributed by atoms with Crippen LogP contribution in [0.4, 0.5) is 10.1 Å². The summed E-state index contributed by atoms with van der Waals surface area (Å²) in [5, 5.41) is 7.06. The maximum Gasteiger partial charge on any atom is 0.274 e. The molecule has 0 atom stereocenters. The number of rotatable bonds is 3. The van der Waals surface area contributed by atoms with Crippen LogP contribution < -0.4 is 5.32 Å². The Morgan fingerprint density at radius 1 is 1.30 bits per heavy atom. The van der Waals surface area contributed by atoms with Crippen molar-refractivity contribution in [2.45, 2.75) is 18.8 Å². The lowest BCUT2D eigenvalue weighted by molar-refractivity contribution is 0.102. The number of aromatic nitrogens is 3. The predicted molar refractivity (Wildman–Crippen MR) is 84.3 cm³/mol. The van der Waals surface area contributed by atoms with E-state index >= 15 is 0 Å². The van der Waals surface area contributed by atoms with E-state index in [4.69, 9.17) is 11.6 Å². The molecule has 2 aromatic heterocycles. The molecule has 1 aliphatic rings. The molecule has 7 heteroatoms. The molecular weight excluding hydrogens is 319 g/mol. The summed E-state index contributed by atoms with van der Waals surface area (Å²) >= 11 is 5.94. The fraction of sp³-hybridized carbons (Fsp3) is 0.188. The van der Waals surface area contributed by atoms with Gasteiger partial charge in [-0.25, -0.2) is 13.9 Å². The lowest BCUT2D eigenvalue weighted by Crippen LogP contribution is -2.16. The van der Waals surface area contributed by atoms with Crippen molar-refractivity contribution in [1.29, 1.82) is 0 Å². The lowest BCUT2D eigenvalue weighted by atomic mass is 10.2. The van der Waals surface area contributed by atoms with Crippen LogP contribution in [0.2, 0.25) is 5.02 Å². The molecule has 1 aliphatic carbocycles. The first-order valence-corrected chi connectivity index (χ1v) is 7.61. The Morgan fingerprint density at radius 3 is 2.87 bits per heavy atom. The van der Waals surface area contributed by atoms with Gasteiger partial charge in [0, 0.05) is 17.7 Å². The van der Waals surface area contributed by atoms with E-state index < -0.39 is 5.82 Å². The summed E-state index contributed by atoms with van der Waals surface area (Å²) in [4.78, 5) is 16.8. The van der Waals surface area contributed by atoms with Crippen molar-refractivity contribution in [2.24, 2.45) is 0 Å². The second-order valence-electron chi connectivity index (χ2n) is 5.52. The number of carbonyl (C=O) groups excluding carboxylic acids is 1. The third-order valence-electron chi connectivity index (χ3n) is 3.79. The number of nitrogens with zero attached hydrogens (tertiary/aromatic N) is 3. The van der Waals surface area contributed by atoms with Crippen LogP contribution in [0.15, 0.2) is 36.5 Å². The van der Waals surface area contributed by atoms with Crippen molar-refractivity contribution in [3.05, 3.63) is 58.8 Å². The van der Waals surface area contributed by atoms with Crippen molar-refractivity contribution in [3.8, 4) is 0 Å². The molecule has 0 saturated heterocycles. The van der Waals surface area contributed by atoms with Gasteiger partial charge >= 0.3 is 0 Å². The van der Waals surface area contributed by atoms with E-state index in [1.54, 1.807) is 22.8 Å². The van der Waals surface area contributed by atoms with Crippen LogP contribution in [0.25, 0.3) is 5.65 Å². The van der Waals surface area contributed by atoms with Crippen LogP contribution in [0.1, 0.15) is 34.9 Å². The monoisotopic (exact) mass is 330 g/mol. The number of fused-ring (bicyclic) bond motifs is 1. The molecule has 0 bridgehead atoms. The molecule has 1 N–H and O–H groups in total. The van der Waals surface area contributed by atoms with Gasteiger partial charge in [0.2, 0.25) is 0 Å². The first-order valence-electron chi connectivity index (χ1n) is 7.23. The van der Waals surface area contributed by atoms with Crippen LogP contribution in [0.3, 0.4) is 0 Å². The van der Waals surface area contributed by atoms with Gasteiger partial charge in [-0.05, 0) is 37.1 Å². The zero-order chi connectivity index (χ0) is 16.0. The molecule has 1 amide bonds. The van der Waals surface area contributed by atoms with Gasteiger partial charge in [0.25, 0.3) is 5.91 Å². The fourth-order valence-corrected chi connectivity index (χ4v) is 2.71. The third-order valence-corrected chi connectivity index (χ3v) is 4.11. The molecule has 5 nitrogen and oxygen atoms in total. The summed E-state index contributed by atoms with van der Waals surface area (Å²) in [5.74, 6) is -0.423. The van der Waals surface area contributed by atoms with E-state index in [-0.39, 0.29) is 10.9 Å². The lowest BCUT2D eigenvalue weighted by Gasteiger charge is -2.09. The summed E-state index contributed by atoms with van der Waals surface area (Å²) < 4.78 is 14.8. The van der Waals surface area contributed by atoms with E-state index in [9.17, 15) is 9.18 Å². The van der Waals surface area contributed by atoms with Crippen molar-refractivity contribution in [3.63, 3.8) is 0 Å². The quantitative estimate of drug-likeness (QED) is 0.797. The van der Waals surface area contributed by atoms with Crippen LogP contribution in [-0.2, 0) is 0 Å². The molecule has 1 saturated carbocycles. The van der Waals surface area contributed by atoms with Crippen molar-refractivity contribution in [1.82, 2.24) is 14.6 Å². The molecule has 1 aromatic carbocycles. The smallest absolute Gasteiger partial charge is 0.274 e. The maximum absolute atomic E-state index is 13.1. The van der Waals surface area contributed by atoms with Crippen molar-refractivity contribution >= 4 is 28.8 Å². The minimum absolute atomic E-state index is 0.145. The zero-order valence-electron chi connectivity index (χ0n) is 12.0. The van der Waals surface area contributed by atoms with Gasteiger partial charge in [0.15, 0.2) is 5.65 Å². The summed E-state index contributed by atoms with van der Waals surface area (Å²) in [7, 11) is 0. The number of anilines is 1. The highest BCUT2D eigenvalue weighted by molar-refractivity contribution is 6.33. The van der Waals surface area contributed by atoms with Crippen molar-refractivity contribution < 1.29 is 9.18 Å². The number of hydrogen-bond acceptors (Lipinski definition) is 3. The average molecular weight is 331 g/mol. The Balaban J connectivity index is 1.69. The number of hydrogen-bond donors (Lipinski definition) is 1. The summed E-state index contributed by atoms with van der Waals surface area (Å²) in [6, 6.07) is 7.33. The fourth-order valence-electron chi connectivity index (χ4n) is 2.50. The van der Waals surface area contributed by atoms with E-state index in [1.807, 2.05) is 0 Å². The maximum atomic E-state index is 13.1. The number of nitrogens with one attached hydrogen (secondary N) is 1. The van der Waals surface area contributed by atoms with Gasteiger partial charge in [-0.15, -0.1) is 0 Å². The SMILES string of the molecule is O=C(Nc1ccc(F)cc1Cl)c1cc(C2CC2)n2nccc2n1. The minimum atomic E-state index is -0.456. The summed E-state index contributed by atoms with van der Waals surface area (Å²) in [6.07, 6.45) is 3.83. The van der Waals surface area contributed by atoms with Gasteiger partial charge in [-0.2, -0.15) is 5.10 Å². The van der Waals surface area contributed by atoms with Crippen LogP contribution in [0, 0.1) is 5.82 Å². The summed E-state index contributed by atoms with van der Waals surface area (Å²) in [6.45, 7) is 0. The van der Waals surface area contributed by atoms with Gasteiger partial charge in [0.05, 0.1) is 16.9 Å². The van der Waals surface area contributed by atoms with E-state index in [1.165, 1.54) is 12.1 Å². The first-order chi connectivity index (χ1) is 11.1. The number of carbonyl (C=O) groups is 1. The van der Waals surface area contributed by atoms with Crippen LogP contribution in [-0.4, -0.2) is 20.5 Å². The van der Waals surface area contributed by atoms with Gasteiger partial charge < -0.3 is 5.32 Å². The number of amides is 1. The van der Waals surface area contributed by atoms with E-state index in [0.717, 1.165) is 24.6 Å². The second-order valence-corrected chi connectivity index (χ2v) is 5.93. The Bertz CT molecular complexity index is 920. The van der Waals surface area contributed by atoms with E-state index in [0.29, 0.717) is 22.9 Å². The Hall–Kier alpha value is -2.47. The summed E-state index contributed by atoms with van der Waals surface area (Å²) in [5.41, 5.74) is 2.25. The normalized spacial score (nSPS) is 14.2. The van der Waals surface area contributed by atoms with Gasteiger partial charge in [-0.1, -0.05) is 11.6 Å². The average Bonchev–Trinajstić information content (AvgIpc) is 3.26. The largest absolute Gasteiger partial charge is 0.319 e. The molecule has 0 radical (unpaired) electrons. The Labute approximate surface area is 136 Å². The minimum Gasteiger partial charge on any atom is -0.319 e. The third kappa shape index (κ3) is 2.66. The molecule has 0 spiro atoms. The highest BCUT2D eigenvalue weighted by atomic mass is 35.5. The molecule has 3 aromatic rings. The number of halogens is 2. The highest BCUT2D eigenvalue weighted by Crippen LogP contribution is 2.40. The topological polar surface area (TPSA) is 59.3 Å². The van der Waals surface area contributed by atoms with Crippen LogP contribution in [0.5, 0.6) is 0 Å². The molecule has 0 unspecified atom stereocenters. The molecule has 1 fully saturated rings. The van der Waals surface area contributed by atoms with Gasteiger partial charge in [-0.3, -0.25) is 4.79 Å². The number of benzene rings is 1. The van der Waals surface area contributed by atoms with Crippen LogP contribution >= 0.6 is 11.6 Å². The molecule has 116 valence electrons. The standard InChI is InChI=1S/C16H12ClFN4O/c17-11-7-10(18)3-4-12(11)21-16(23)13-8-14(9-1-2-9)22-15(20-13)5-6-19-22/h3-9H,1-2H2,(H,21,23). The van der Waals surface area contributed by atoms with Crippen molar-refractivity contribution in [2.75, 3.05) is 5.32 Å².